The first-order valence-corrected chi connectivity index (χ1v) is 39.3. The number of carbonyl (C=O) groups excluding carboxylic acids is 2. The number of fused-ring (bicyclic) bond motifs is 4. The molecule has 28 nitrogen and oxygen atoms in total. The number of hydrogen-bond donors (Lipinski definition) is 16. The lowest BCUT2D eigenvalue weighted by Gasteiger charge is -2.42. The Morgan fingerprint density at radius 1 is 0.324 bits per heavy atom. The van der Waals surface area contributed by atoms with E-state index in [9.17, 15) is 91.3 Å². The highest BCUT2D eigenvalue weighted by Gasteiger charge is 2.50. The molecule has 0 aromatic carbocycles. The molecule has 5 saturated heterocycles. The van der Waals surface area contributed by atoms with E-state index >= 15 is 0 Å². The van der Waals surface area contributed by atoms with Crippen LogP contribution in [0.15, 0.2) is 0 Å². The number of esters is 2. The molecule has 0 spiro atoms. The van der Waals surface area contributed by atoms with E-state index in [-0.39, 0.29) is 37.3 Å². The third-order valence-corrected chi connectivity index (χ3v) is 20.8. The van der Waals surface area contributed by atoms with Crippen molar-refractivity contribution in [2.75, 3.05) is 26.4 Å². The van der Waals surface area contributed by atoms with Crippen LogP contribution in [0.4, 0.5) is 0 Å². The van der Waals surface area contributed by atoms with Crippen LogP contribution in [-0.2, 0) is 57.0 Å². The standard InChI is InChI=1S/C74H136O28/c1-47(77)33-25-17-15-23-29-37-49(95-71-67(89)63(85)59(81)53(43-75)99-71)35-27-19-11-7-4-3-5-8-13-21-31-39-51-41-57(79)93-45-56-62(84)66(88)70(92)74(102-56)98-52(42-58(80)94-46-55-61(83)65(87)69(91)73(97-51)101-55)40-32-22-14-10-6-9-12-20-28-36-50(38-30-24-16-18-26-34-48(2)78)96-72-68(90)64(86)60(82)54(44-76)100-72/h47-56,59-78,81-92H,3-46H2,1-2H3/t47-,48+,49-,50+,51-,52-,53-,54-,55-,56-,59+,60+,61-,62-,63+,64+,65+,66+,67-,68+,69-,70-,71-,72-,73-,74-/m1/s1. The van der Waals surface area contributed by atoms with Crippen LogP contribution in [0.5, 0.6) is 0 Å². The van der Waals surface area contributed by atoms with Gasteiger partial charge in [-0.2, -0.15) is 0 Å². The van der Waals surface area contributed by atoms with Gasteiger partial charge in [0.2, 0.25) is 0 Å². The molecule has 4 bridgehead atoms. The molecule has 0 aromatic rings. The van der Waals surface area contributed by atoms with Gasteiger partial charge in [-0.25, -0.2) is 0 Å². The molecule has 16 N–H and O–H groups in total. The van der Waals surface area contributed by atoms with E-state index < -0.39 is 173 Å². The fourth-order valence-corrected chi connectivity index (χ4v) is 14.3. The minimum absolute atomic E-state index is 0.241. The van der Waals surface area contributed by atoms with Crippen LogP contribution in [-0.4, -0.2) is 280 Å². The second-order valence-electron chi connectivity index (χ2n) is 29.8. The van der Waals surface area contributed by atoms with Gasteiger partial charge in [0, 0.05) is 0 Å². The van der Waals surface area contributed by atoms with Gasteiger partial charge in [0.25, 0.3) is 0 Å². The van der Waals surface area contributed by atoms with Gasteiger partial charge in [-0.05, 0) is 65.2 Å². The van der Waals surface area contributed by atoms with Crippen LogP contribution < -0.4 is 0 Å². The van der Waals surface area contributed by atoms with Crippen molar-refractivity contribution < 1.29 is 139 Å². The smallest absolute Gasteiger partial charge is 0.308 e. The predicted octanol–water partition coefficient (Wildman–Crippen LogP) is 4.21. The van der Waals surface area contributed by atoms with E-state index in [4.69, 9.17) is 47.4 Å². The van der Waals surface area contributed by atoms with Crippen molar-refractivity contribution in [2.45, 2.75) is 430 Å². The number of unbranched alkanes of at least 4 members (excludes halogenated alkanes) is 26. The Bertz CT molecular complexity index is 2140. The van der Waals surface area contributed by atoms with Crippen LogP contribution in [0.2, 0.25) is 0 Å². The Kier molecular flexibility index (Phi) is 45.6. The SMILES string of the molecule is C[C@H](O)CCCCCCC[C@H](CCCCCCCCCCC[C@@H]1CC(=O)OC[C@H]2O[C@@H](O[C@H](CCCCCCCCCCCCC[C@H](CCCCCCC[C@@H](C)O)O[C@@H]3O[C@H](CO)[C@H](O)[C@H](O)[C@H]3O)CC(=O)OC[C@H]3O[C@@H](O1)[C@H](O)[C@@H](O)[C@@H]3O)[C@H](O)[C@@H](O)[C@@H]2O)O[C@@H]1O[C@H](CO)[C@H](O)[C@H](O)[C@@H]1O. The molecule has 5 heterocycles. The topological polar surface area (TPSA) is 450 Å². The Hall–Kier alpha value is -2.02. The number of rotatable bonds is 48. The molecule has 0 aromatic heterocycles. The maximum atomic E-state index is 13.6. The van der Waals surface area contributed by atoms with Crippen molar-refractivity contribution in [3.63, 3.8) is 0 Å². The lowest BCUT2D eigenvalue weighted by Crippen LogP contribution is -2.60. The molecule has 102 heavy (non-hydrogen) atoms. The third-order valence-electron chi connectivity index (χ3n) is 20.8. The first kappa shape index (κ1) is 90.6. The largest absolute Gasteiger partial charge is 0.463 e. The summed E-state index contributed by atoms with van der Waals surface area (Å²) in [5.74, 6) is -1.56. The molecule has 0 unspecified atom stereocenters. The Labute approximate surface area is 605 Å². The lowest BCUT2D eigenvalue weighted by molar-refractivity contribution is -0.316. The molecular weight excluding hydrogens is 1340 g/mol. The maximum absolute atomic E-state index is 13.6. The van der Waals surface area contributed by atoms with E-state index in [0.29, 0.717) is 38.5 Å². The molecular formula is C74H136O28. The van der Waals surface area contributed by atoms with Crippen LogP contribution >= 0.6 is 0 Å². The summed E-state index contributed by atoms with van der Waals surface area (Å²) in [6, 6.07) is 0. The zero-order chi connectivity index (χ0) is 74.3. The normalized spacial score (nSPS) is 34.3. The first-order chi connectivity index (χ1) is 49.0. The van der Waals surface area contributed by atoms with E-state index in [0.717, 1.165) is 205 Å². The summed E-state index contributed by atoms with van der Waals surface area (Å²) in [4.78, 5) is 27.1. The number of cyclic esters (lactones) is 2. The third kappa shape index (κ3) is 33.4. The fourth-order valence-electron chi connectivity index (χ4n) is 14.3. The highest BCUT2D eigenvalue weighted by molar-refractivity contribution is 5.70. The highest BCUT2D eigenvalue weighted by Crippen LogP contribution is 2.32. The van der Waals surface area contributed by atoms with Crippen molar-refractivity contribution in [3.05, 3.63) is 0 Å². The summed E-state index contributed by atoms with van der Waals surface area (Å²) in [5, 5.41) is 167. The average molecular weight is 1470 g/mol. The number of hydrogen-bond acceptors (Lipinski definition) is 28. The molecule has 5 aliphatic rings. The zero-order valence-electron chi connectivity index (χ0n) is 61.2. The Balaban J connectivity index is 1.03. The molecule has 0 amide bonds. The van der Waals surface area contributed by atoms with E-state index in [1.807, 2.05) is 0 Å². The van der Waals surface area contributed by atoms with Crippen molar-refractivity contribution in [3.8, 4) is 0 Å². The van der Waals surface area contributed by atoms with E-state index in [1.54, 1.807) is 13.8 Å². The molecule has 5 aliphatic heterocycles. The predicted molar refractivity (Wildman–Crippen MR) is 370 cm³/mol. The molecule has 0 radical (unpaired) electrons. The van der Waals surface area contributed by atoms with Crippen molar-refractivity contribution in [1.29, 1.82) is 0 Å². The summed E-state index contributed by atoms with van der Waals surface area (Å²) in [5.41, 5.74) is 0. The molecule has 0 aliphatic carbocycles. The van der Waals surface area contributed by atoms with Gasteiger partial charge < -0.3 is 129 Å². The van der Waals surface area contributed by atoms with Crippen molar-refractivity contribution >= 4 is 11.9 Å². The van der Waals surface area contributed by atoms with Crippen LogP contribution in [0.25, 0.3) is 0 Å². The van der Waals surface area contributed by atoms with Gasteiger partial charge >= 0.3 is 11.9 Å². The van der Waals surface area contributed by atoms with Gasteiger partial charge in [0.15, 0.2) is 25.2 Å². The lowest BCUT2D eigenvalue weighted by atomic mass is 9.98. The van der Waals surface area contributed by atoms with E-state index in [2.05, 4.69) is 0 Å². The number of ether oxygens (including phenoxy) is 10. The van der Waals surface area contributed by atoms with Gasteiger partial charge in [-0.1, -0.05) is 193 Å². The van der Waals surface area contributed by atoms with Crippen LogP contribution in [0, 0.1) is 0 Å². The minimum atomic E-state index is -1.77. The molecule has 0 saturated carbocycles. The summed E-state index contributed by atoms with van der Waals surface area (Å²) in [6.45, 7) is 1.40. The van der Waals surface area contributed by atoms with Gasteiger partial charge in [-0.3, -0.25) is 9.59 Å². The van der Waals surface area contributed by atoms with Crippen molar-refractivity contribution in [1.82, 2.24) is 0 Å². The molecule has 26 atom stereocenters. The second kappa shape index (κ2) is 51.4. The van der Waals surface area contributed by atoms with Gasteiger partial charge in [0.1, 0.15) is 111 Å². The summed E-state index contributed by atoms with van der Waals surface area (Å²) < 4.78 is 59.1. The summed E-state index contributed by atoms with van der Waals surface area (Å²) >= 11 is 0. The molecule has 5 rings (SSSR count). The fraction of sp³-hybridized carbons (Fsp3) is 0.973. The van der Waals surface area contributed by atoms with E-state index in [1.165, 1.54) is 0 Å². The Morgan fingerprint density at radius 2 is 0.588 bits per heavy atom. The van der Waals surface area contributed by atoms with Gasteiger partial charge in [0.05, 0.1) is 62.7 Å². The quantitative estimate of drug-likeness (QED) is 0.0300. The molecule has 5 fully saturated rings. The van der Waals surface area contributed by atoms with Gasteiger partial charge in [-0.15, -0.1) is 0 Å². The second-order valence-corrected chi connectivity index (χ2v) is 29.8. The average Bonchev–Trinajstić information content (AvgIpc) is 0.907. The Morgan fingerprint density at radius 3 is 0.873 bits per heavy atom. The molecule has 28 heteroatoms. The first-order valence-electron chi connectivity index (χ1n) is 39.3. The maximum Gasteiger partial charge on any atom is 0.308 e. The number of aliphatic hydroxyl groups is 16. The van der Waals surface area contributed by atoms with Crippen molar-refractivity contribution in [2.24, 2.45) is 0 Å². The number of aliphatic hydroxyl groups excluding tert-OH is 16. The minimum Gasteiger partial charge on any atom is -0.463 e. The monoisotopic (exact) mass is 1470 g/mol. The highest BCUT2D eigenvalue weighted by atomic mass is 16.7. The van der Waals surface area contributed by atoms with Crippen LogP contribution in [0.3, 0.4) is 0 Å². The summed E-state index contributed by atoms with van der Waals surface area (Å²) in [7, 11) is 0. The van der Waals surface area contributed by atoms with Crippen LogP contribution in [0.1, 0.15) is 271 Å². The zero-order valence-corrected chi connectivity index (χ0v) is 61.2. The summed E-state index contributed by atoms with van der Waals surface area (Å²) in [6.07, 6.45) is -0.330. The number of carbonyl (C=O) groups is 2. The molecule has 600 valence electrons.